The fraction of sp³-hybridized carbons (Fsp3) is 0.364. The molecule has 0 aliphatic rings. The molecular weight excluding hydrogens is 302 g/mol. The van der Waals surface area contributed by atoms with Crippen molar-refractivity contribution < 1.29 is 24.4 Å². The Morgan fingerprint density at radius 1 is 1.30 bits per heavy atom. The molecule has 0 saturated heterocycles. The van der Waals surface area contributed by atoms with Crippen LogP contribution in [0.3, 0.4) is 0 Å². The number of benzene rings is 1. The average molecular weight is 320 g/mol. The molecule has 7 nitrogen and oxygen atoms in total. The van der Waals surface area contributed by atoms with Crippen molar-refractivity contribution in [2.24, 2.45) is 0 Å². The molecule has 0 bridgehead atoms. The molecule has 1 amide bonds. The van der Waals surface area contributed by atoms with E-state index >= 15 is 0 Å². The fourth-order valence-corrected chi connectivity index (χ4v) is 2.48. The highest BCUT2D eigenvalue weighted by Crippen LogP contribution is 2.34. The van der Waals surface area contributed by atoms with Crippen LogP contribution in [-0.2, 0) is 15.9 Å². The largest absolute Gasteiger partial charge is 0.339 e. The summed E-state index contributed by atoms with van der Waals surface area (Å²) in [4.78, 5) is 30.4. The van der Waals surface area contributed by atoms with Crippen molar-refractivity contribution >= 4 is 28.0 Å². The summed E-state index contributed by atoms with van der Waals surface area (Å²) in [5.41, 5.74) is 0.754. The minimum Gasteiger partial charge on any atom is -0.324 e. The lowest BCUT2D eigenvalue weighted by atomic mass is 10.2. The number of amides is 1. The molecule has 0 radical (unpaired) electrons. The molecule has 0 aromatic heterocycles. The van der Waals surface area contributed by atoms with Gasteiger partial charge in [0.2, 0.25) is 0 Å². The van der Waals surface area contributed by atoms with Crippen molar-refractivity contribution in [1.82, 2.24) is 9.96 Å². The third kappa shape index (κ3) is 6.57. The SMILES string of the molecule is CN(CC(=O)N(O)Cc1ccc(P)cc1)CP(=O)(O)O. The Balaban J connectivity index is 2.50. The zero-order valence-electron chi connectivity index (χ0n) is 11.0. The lowest BCUT2D eigenvalue weighted by Crippen LogP contribution is -2.37. The van der Waals surface area contributed by atoms with Crippen molar-refractivity contribution in [3.63, 3.8) is 0 Å². The summed E-state index contributed by atoms with van der Waals surface area (Å²) < 4.78 is 10.8. The summed E-state index contributed by atoms with van der Waals surface area (Å²) in [7, 11) is -0.282. The van der Waals surface area contributed by atoms with Crippen LogP contribution in [0.2, 0.25) is 0 Å². The first-order valence-corrected chi connectivity index (χ1v) is 8.11. The van der Waals surface area contributed by atoms with Crippen LogP contribution in [0, 0.1) is 0 Å². The van der Waals surface area contributed by atoms with Crippen molar-refractivity contribution in [3.8, 4) is 0 Å². The van der Waals surface area contributed by atoms with Crippen molar-refractivity contribution in [1.29, 1.82) is 0 Å². The number of carbonyl (C=O) groups is 1. The van der Waals surface area contributed by atoms with Gasteiger partial charge in [-0.1, -0.05) is 24.3 Å². The van der Waals surface area contributed by atoms with Gasteiger partial charge in [-0.25, -0.2) is 5.06 Å². The molecule has 1 unspecified atom stereocenters. The van der Waals surface area contributed by atoms with Crippen LogP contribution >= 0.6 is 16.8 Å². The van der Waals surface area contributed by atoms with E-state index in [1.165, 1.54) is 7.05 Å². The van der Waals surface area contributed by atoms with E-state index in [4.69, 9.17) is 9.79 Å². The van der Waals surface area contributed by atoms with E-state index < -0.39 is 19.8 Å². The van der Waals surface area contributed by atoms with Crippen LogP contribution in [0.15, 0.2) is 24.3 Å². The standard InChI is InChI=1S/C11H18N2O5P2/c1-12(8-20(16,17)18)7-11(14)13(15)6-9-2-4-10(19)5-3-9/h2-5,15H,6-8,19H2,1H3,(H2,16,17,18). The predicted octanol–water partition coefficient (Wildman–Crippen LogP) is -0.0282. The second-order valence-corrected chi connectivity index (χ2v) is 6.79. The molecule has 1 aromatic rings. The Labute approximate surface area is 119 Å². The van der Waals surface area contributed by atoms with E-state index in [0.29, 0.717) is 5.06 Å². The first-order chi connectivity index (χ1) is 9.17. The Bertz CT molecular complexity index is 502. The first-order valence-electron chi connectivity index (χ1n) is 5.74. The maximum Gasteiger partial charge on any atom is 0.339 e. The van der Waals surface area contributed by atoms with Gasteiger partial charge in [-0.3, -0.25) is 19.5 Å². The number of hydroxylamine groups is 2. The lowest BCUT2D eigenvalue weighted by molar-refractivity contribution is -0.168. The molecule has 0 spiro atoms. The van der Waals surface area contributed by atoms with Gasteiger partial charge in [-0.15, -0.1) is 9.24 Å². The second kappa shape index (κ2) is 7.27. The fourth-order valence-electron chi connectivity index (χ4n) is 1.56. The van der Waals surface area contributed by atoms with Gasteiger partial charge in [0.1, 0.15) is 6.29 Å². The molecule has 3 N–H and O–H groups in total. The molecule has 0 aliphatic carbocycles. The molecule has 112 valence electrons. The average Bonchev–Trinajstić information content (AvgIpc) is 2.29. The highest BCUT2D eigenvalue weighted by Gasteiger charge is 2.20. The van der Waals surface area contributed by atoms with Crippen molar-refractivity contribution in [3.05, 3.63) is 29.8 Å². The third-order valence-corrected chi connectivity index (χ3v) is 3.67. The summed E-state index contributed by atoms with van der Waals surface area (Å²) in [5.74, 6) is -0.629. The summed E-state index contributed by atoms with van der Waals surface area (Å²) in [6.07, 6.45) is -0.533. The maximum atomic E-state index is 11.7. The lowest BCUT2D eigenvalue weighted by Gasteiger charge is -2.20. The van der Waals surface area contributed by atoms with Crippen LogP contribution < -0.4 is 5.30 Å². The van der Waals surface area contributed by atoms with Gasteiger partial charge in [-0.2, -0.15) is 0 Å². The molecule has 1 aromatic carbocycles. The molecule has 0 heterocycles. The van der Waals surface area contributed by atoms with Crippen molar-refractivity contribution in [2.75, 3.05) is 19.9 Å². The first kappa shape index (κ1) is 17.2. The Kier molecular flexibility index (Phi) is 6.27. The Morgan fingerprint density at radius 2 is 1.85 bits per heavy atom. The monoisotopic (exact) mass is 320 g/mol. The van der Waals surface area contributed by atoms with E-state index in [-0.39, 0.29) is 13.1 Å². The summed E-state index contributed by atoms with van der Waals surface area (Å²) in [6.45, 7) is -0.253. The van der Waals surface area contributed by atoms with E-state index in [1.807, 2.05) is 12.1 Å². The number of hydrogen-bond donors (Lipinski definition) is 3. The Hall–Kier alpha value is -0.810. The number of likely N-dealkylation sites (N-methyl/N-ethyl adjacent to an activating group) is 1. The topological polar surface area (TPSA) is 101 Å². The Morgan fingerprint density at radius 3 is 2.35 bits per heavy atom. The minimum absolute atomic E-state index is 0.0214. The van der Waals surface area contributed by atoms with Gasteiger partial charge in [0, 0.05) is 0 Å². The van der Waals surface area contributed by atoms with E-state index in [1.54, 1.807) is 12.1 Å². The van der Waals surface area contributed by atoms with Gasteiger partial charge < -0.3 is 9.79 Å². The normalized spacial score (nSPS) is 11.7. The smallest absolute Gasteiger partial charge is 0.324 e. The molecule has 1 rings (SSSR count). The summed E-state index contributed by atoms with van der Waals surface area (Å²) >= 11 is 0. The highest BCUT2D eigenvalue weighted by atomic mass is 31.2. The number of rotatable bonds is 6. The van der Waals surface area contributed by atoms with Crippen molar-refractivity contribution in [2.45, 2.75) is 6.54 Å². The van der Waals surface area contributed by atoms with E-state index in [2.05, 4.69) is 9.24 Å². The molecule has 0 fully saturated rings. The zero-order valence-corrected chi connectivity index (χ0v) is 13.1. The maximum absolute atomic E-state index is 11.7. The van der Waals surface area contributed by atoms with Crippen LogP contribution in [0.4, 0.5) is 0 Å². The highest BCUT2D eigenvalue weighted by molar-refractivity contribution is 7.51. The van der Waals surface area contributed by atoms with Crippen LogP contribution in [0.25, 0.3) is 0 Å². The number of nitrogens with zero attached hydrogens (tertiary/aromatic N) is 2. The molecule has 0 aliphatic heterocycles. The quantitative estimate of drug-likeness (QED) is 0.387. The molecule has 0 saturated carbocycles. The van der Waals surface area contributed by atoms with Crippen LogP contribution in [0.5, 0.6) is 0 Å². The minimum atomic E-state index is -4.21. The molecule has 1 atom stereocenters. The third-order valence-electron chi connectivity index (χ3n) is 2.43. The van der Waals surface area contributed by atoms with Gasteiger partial charge in [0.05, 0.1) is 13.1 Å². The van der Waals surface area contributed by atoms with Crippen LogP contribution in [-0.4, -0.2) is 50.7 Å². The van der Waals surface area contributed by atoms with Gasteiger partial charge in [0.25, 0.3) is 5.91 Å². The van der Waals surface area contributed by atoms with Gasteiger partial charge in [-0.05, 0) is 17.9 Å². The van der Waals surface area contributed by atoms with Crippen LogP contribution in [0.1, 0.15) is 5.56 Å². The number of hydrogen-bond acceptors (Lipinski definition) is 4. The molecule has 20 heavy (non-hydrogen) atoms. The summed E-state index contributed by atoms with van der Waals surface area (Å²) in [6, 6.07) is 7.22. The number of carbonyl (C=O) groups excluding carboxylic acids is 1. The van der Waals surface area contributed by atoms with E-state index in [9.17, 15) is 14.6 Å². The molecular formula is C11H18N2O5P2. The zero-order chi connectivity index (χ0) is 15.3. The van der Waals surface area contributed by atoms with Gasteiger partial charge in [0.15, 0.2) is 0 Å². The molecule has 9 heteroatoms. The second-order valence-electron chi connectivity index (χ2n) is 4.51. The van der Waals surface area contributed by atoms with E-state index in [0.717, 1.165) is 15.8 Å². The van der Waals surface area contributed by atoms with Gasteiger partial charge >= 0.3 is 7.60 Å². The summed E-state index contributed by atoms with van der Waals surface area (Å²) in [5, 5.41) is 11.2. The predicted molar refractivity (Wildman–Crippen MR) is 77.7 cm³/mol.